The molecule has 0 aromatic carbocycles. The highest BCUT2D eigenvalue weighted by Gasteiger charge is 2.17. The highest BCUT2D eigenvalue weighted by Crippen LogP contribution is 2.34. The summed E-state index contributed by atoms with van der Waals surface area (Å²) >= 11 is 3.37. The van der Waals surface area contributed by atoms with Crippen LogP contribution in [-0.2, 0) is 4.79 Å². The molecule has 0 atom stereocenters. The Bertz CT molecular complexity index is 677. The second-order valence-corrected chi connectivity index (χ2v) is 8.08. The van der Waals surface area contributed by atoms with Gasteiger partial charge in [-0.15, -0.1) is 23.1 Å². The largest absolute Gasteiger partial charge is 0.353 e. The zero-order valence-corrected chi connectivity index (χ0v) is 14.6. The molecule has 1 amide bonds. The molecule has 4 nitrogen and oxygen atoms in total. The minimum Gasteiger partial charge on any atom is -0.353 e. The van der Waals surface area contributed by atoms with E-state index in [4.69, 9.17) is 0 Å². The molecule has 0 radical (unpaired) electrons. The van der Waals surface area contributed by atoms with Gasteiger partial charge in [-0.25, -0.2) is 9.97 Å². The number of fused-ring (bicyclic) bond motifs is 1. The molecular formula is C16H21N3OS2. The van der Waals surface area contributed by atoms with Gasteiger partial charge in [0.2, 0.25) is 5.91 Å². The highest BCUT2D eigenvalue weighted by atomic mass is 32.2. The quantitative estimate of drug-likeness (QED) is 0.666. The third kappa shape index (κ3) is 3.43. The van der Waals surface area contributed by atoms with E-state index in [-0.39, 0.29) is 5.91 Å². The van der Waals surface area contributed by atoms with Gasteiger partial charge in [0.25, 0.3) is 0 Å². The fourth-order valence-corrected chi connectivity index (χ4v) is 4.93. The van der Waals surface area contributed by atoms with Crippen molar-refractivity contribution in [3.8, 4) is 0 Å². The molecule has 0 unspecified atom stereocenters. The van der Waals surface area contributed by atoms with Crippen LogP contribution in [0.5, 0.6) is 0 Å². The molecule has 2 aromatic heterocycles. The number of carbonyl (C=O) groups excluding carboxylic acids is 1. The van der Waals surface area contributed by atoms with Gasteiger partial charge in [-0.2, -0.15) is 0 Å². The van der Waals surface area contributed by atoms with E-state index in [1.54, 1.807) is 29.4 Å². The van der Waals surface area contributed by atoms with Crippen molar-refractivity contribution in [2.24, 2.45) is 0 Å². The minimum absolute atomic E-state index is 0.169. The van der Waals surface area contributed by atoms with E-state index >= 15 is 0 Å². The second kappa shape index (κ2) is 6.96. The lowest BCUT2D eigenvalue weighted by Crippen LogP contribution is -2.32. The van der Waals surface area contributed by atoms with E-state index in [0.717, 1.165) is 33.8 Å². The Morgan fingerprint density at radius 1 is 1.36 bits per heavy atom. The van der Waals surface area contributed by atoms with Crippen LogP contribution < -0.4 is 5.32 Å². The van der Waals surface area contributed by atoms with Crippen LogP contribution in [0, 0.1) is 13.8 Å². The number of aromatic nitrogens is 2. The fraction of sp³-hybridized carbons (Fsp3) is 0.562. The number of carbonyl (C=O) groups is 1. The number of hydrogen-bond donors (Lipinski definition) is 1. The van der Waals surface area contributed by atoms with E-state index in [0.29, 0.717) is 12.5 Å². The van der Waals surface area contributed by atoms with Crippen molar-refractivity contribution in [3.63, 3.8) is 0 Å². The SMILES string of the molecule is Cc1sc2ncnc(SCCC(=O)NC3CCCC3)c2c1C. The van der Waals surface area contributed by atoms with Gasteiger partial charge in [0, 0.05) is 28.5 Å². The first-order valence-electron chi connectivity index (χ1n) is 7.78. The van der Waals surface area contributed by atoms with Crippen molar-refractivity contribution < 1.29 is 4.79 Å². The Balaban J connectivity index is 1.58. The molecule has 0 spiro atoms. The Morgan fingerprint density at radius 2 is 2.14 bits per heavy atom. The van der Waals surface area contributed by atoms with E-state index in [1.807, 2.05) is 0 Å². The second-order valence-electron chi connectivity index (χ2n) is 5.79. The molecule has 2 heterocycles. The van der Waals surface area contributed by atoms with Gasteiger partial charge in [-0.3, -0.25) is 4.79 Å². The molecule has 118 valence electrons. The summed E-state index contributed by atoms with van der Waals surface area (Å²) in [5, 5.41) is 5.29. The highest BCUT2D eigenvalue weighted by molar-refractivity contribution is 7.99. The van der Waals surface area contributed by atoms with E-state index in [2.05, 4.69) is 29.1 Å². The number of aryl methyl sites for hydroxylation is 2. The molecule has 1 fully saturated rings. The van der Waals surface area contributed by atoms with Crippen LogP contribution in [-0.4, -0.2) is 27.7 Å². The maximum Gasteiger partial charge on any atom is 0.221 e. The molecular weight excluding hydrogens is 314 g/mol. The van der Waals surface area contributed by atoms with E-state index < -0.39 is 0 Å². The first kappa shape index (κ1) is 15.7. The molecule has 1 N–H and O–H groups in total. The van der Waals surface area contributed by atoms with Gasteiger partial charge in [0.1, 0.15) is 16.2 Å². The zero-order valence-electron chi connectivity index (χ0n) is 13.0. The summed E-state index contributed by atoms with van der Waals surface area (Å²) in [4.78, 5) is 23.1. The molecule has 1 aliphatic rings. The van der Waals surface area contributed by atoms with Crippen LogP contribution in [0.25, 0.3) is 10.2 Å². The topological polar surface area (TPSA) is 54.9 Å². The predicted molar refractivity (Wildman–Crippen MR) is 92.6 cm³/mol. The van der Waals surface area contributed by atoms with E-state index in [1.165, 1.54) is 23.3 Å². The van der Waals surface area contributed by atoms with Crippen molar-refractivity contribution in [1.29, 1.82) is 0 Å². The summed E-state index contributed by atoms with van der Waals surface area (Å²) in [5.41, 5.74) is 1.26. The maximum absolute atomic E-state index is 12.0. The average molecular weight is 335 g/mol. The van der Waals surface area contributed by atoms with Crippen LogP contribution in [0.15, 0.2) is 11.4 Å². The number of rotatable bonds is 5. The molecule has 0 bridgehead atoms. The van der Waals surface area contributed by atoms with Crippen molar-refractivity contribution >= 4 is 39.2 Å². The molecule has 22 heavy (non-hydrogen) atoms. The number of thioether (sulfide) groups is 1. The number of nitrogens with zero attached hydrogens (tertiary/aromatic N) is 2. The molecule has 1 saturated carbocycles. The van der Waals surface area contributed by atoms with E-state index in [9.17, 15) is 4.79 Å². The third-order valence-electron chi connectivity index (χ3n) is 4.22. The molecule has 6 heteroatoms. The molecule has 3 rings (SSSR count). The zero-order chi connectivity index (χ0) is 15.5. The minimum atomic E-state index is 0.169. The van der Waals surface area contributed by atoms with Gasteiger partial charge in [-0.05, 0) is 32.3 Å². The summed E-state index contributed by atoms with van der Waals surface area (Å²) < 4.78 is 0. The van der Waals surface area contributed by atoms with Crippen molar-refractivity contribution in [2.45, 2.75) is 57.0 Å². The molecule has 1 aliphatic carbocycles. The van der Waals surface area contributed by atoms with Crippen LogP contribution >= 0.6 is 23.1 Å². The number of hydrogen-bond acceptors (Lipinski definition) is 5. The predicted octanol–water partition coefficient (Wildman–Crippen LogP) is 3.85. The van der Waals surface area contributed by atoms with Gasteiger partial charge in [-0.1, -0.05) is 12.8 Å². The monoisotopic (exact) mass is 335 g/mol. The molecule has 0 saturated heterocycles. The van der Waals surface area contributed by atoms with Crippen LogP contribution in [0.4, 0.5) is 0 Å². The third-order valence-corrected chi connectivity index (χ3v) is 6.33. The van der Waals surface area contributed by atoms with Gasteiger partial charge < -0.3 is 5.32 Å². The molecule has 2 aromatic rings. The average Bonchev–Trinajstić information content (AvgIpc) is 3.09. The smallest absolute Gasteiger partial charge is 0.221 e. The van der Waals surface area contributed by atoms with Gasteiger partial charge in [0.15, 0.2) is 0 Å². The van der Waals surface area contributed by atoms with Gasteiger partial charge >= 0.3 is 0 Å². The summed E-state index contributed by atoms with van der Waals surface area (Å²) in [6.45, 7) is 4.24. The summed E-state index contributed by atoms with van der Waals surface area (Å²) in [6, 6.07) is 0.407. The Kier molecular flexibility index (Phi) is 4.98. The summed E-state index contributed by atoms with van der Waals surface area (Å²) in [7, 11) is 0. The lowest BCUT2D eigenvalue weighted by molar-refractivity contribution is -0.121. The van der Waals surface area contributed by atoms with Crippen molar-refractivity contribution in [2.75, 3.05) is 5.75 Å². The first-order valence-corrected chi connectivity index (χ1v) is 9.58. The lowest BCUT2D eigenvalue weighted by atomic mass is 10.2. The Hall–Kier alpha value is -1.14. The lowest BCUT2D eigenvalue weighted by Gasteiger charge is -2.11. The number of nitrogens with one attached hydrogen (secondary N) is 1. The van der Waals surface area contributed by atoms with Crippen LogP contribution in [0.1, 0.15) is 42.5 Å². The summed E-state index contributed by atoms with van der Waals surface area (Å²) in [6.07, 6.45) is 6.94. The van der Waals surface area contributed by atoms with Crippen molar-refractivity contribution in [1.82, 2.24) is 15.3 Å². The Labute approximate surface area is 139 Å². The summed E-state index contributed by atoms with van der Waals surface area (Å²) in [5.74, 6) is 0.932. The van der Waals surface area contributed by atoms with Crippen LogP contribution in [0.2, 0.25) is 0 Å². The first-order chi connectivity index (χ1) is 10.6. The number of thiophene rings is 1. The fourth-order valence-electron chi connectivity index (χ4n) is 2.87. The van der Waals surface area contributed by atoms with Gasteiger partial charge in [0.05, 0.1) is 0 Å². The normalized spacial score (nSPS) is 15.5. The standard InChI is InChI=1S/C16H21N3OS2/c1-10-11(2)22-16-14(10)15(17-9-18-16)21-8-7-13(20)19-12-5-3-4-6-12/h9,12H,3-8H2,1-2H3,(H,19,20). The molecule has 0 aliphatic heterocycles. The Morgan fingerprint density at radius 3 is 2.91 bits per heavy atom. The maximum atomic E-state index is 12.0. The number of amides is 1. The van der Waals surface area contributed by atoms with Crippen molar-refractivity contribution in [3.05, 3.63) is 16.8 Å². The van der Waals surface area contributed by atoms with Crippen LogP contribution in [0.3, 0.4) is 0 Å².